The maximum absolute atomic E-state index is 12.5. The van der Waals surface area contributed by atoms with Crippen molar-refractivity contribution in [3.05, 3.63) is 34.9 Å². The Hall–Kier alpha value is -1.60. The molecule has 6 nitrogen and oxygen atoms in total. The van der Waals surface area contributed by atoms with E-state index in [-0.39, 0.29) is 35.8 Å². The fourth-order valence-electron chi connectivity index (χ4n) is 3.06. The maximum atomic E-state index is 12.5. The summed E-state index contributed by atoms with van der Waals surface area (Å²) in [6.45, 7) is 2.92. The van der Waals surface area contributed by atoms with Crippen LogP contribution in [0.5, 0.6) is 0 Å². The van der Waals surface area contributed by atoms with Crippen LogP contribution < -0.4 is 5.32 Å². The minimum atomic E-state index is -3.02. The summed E-state index contributed by atoms with van der Waals surface area (Å²) in [5.74, 6) is -0.0370. The molecule has 2 amide bonds. The van der Waals surface area contributed by atoms with Crippen LogP contribution in [-0.4, -0.2) is 55.8 Å². The van der Waals surface area contributed by atoms with Crippen LogP contribution in [0.4, 0.5) is 0 Å². The molecule has 1 aliphatic rings. The van der Waals surface area contributed by atoms with Crippen molar-refractivity contribution in [3.8, 4) is 0 Å². The van der Waals surface area contributed by atoms with E-state index in [9.17, 15) is 18.0 Å². The number of benzene rings is 1. The molecule has 0 radical (unpaired) electrons. The van der Waals surface area contributed by atoms with Gasteiger partial charge in [-0.05, 0) is 43.5 Å². The van der Waals surface area contributed by atoms with Gasteiger partial charge >= 0.3 is 0 Å². The second-order valence-electron chi connectivity index (χ2n) is 6.51. The number of hydrogen-bond donors (Lipinski definition) is 1. The highest BCUT2D eigenvalue weighted by molar-refractivity contribution is 7.91. The molecule has 1 aromatic carbocycles. The molecule has 1 N–H and O–H groups in total. The highest BCUT2D eigenvalue weighted by Crippen LogP contribution is 2.19. The number of carbonyl (C=O) groups excluding carboxylic acids is 2. The number of nitrogens with one attached hydrogen (secondary N) is 1. The second kappa shape index (κ2) is 9.37. The summed E-state index contributed by atoms with van der Waals surface area (Å²) in [5.41, 5.74) is 0.518. The van der Waals surface area contributed by atoms with E-state index >= 15 is 0 Å². The average Bonchev–Trinajstić information content (AvgIpc) is 2.96. The van der Waals surface area contributed by atoms with Gasteiger partial charge in [-0.25, -0.2) is 8.42 Å². The summed E-state index contributed by atoms with van der Waals surface area (Å²) in [7, 11) is -3.02. The van der Waals surface area contributed by atoms with Crippen molar-refractivity contribution in [2.75, 3.05) is 24.6 Å². The van der Waals surface area contributed by atoms with E-state index in [1.165, 1.54) is 0 Å². The molecule has 1 atom stereocenters. The Morgan fingerprint density at radius 2 is 1.96 bits per heavy atom. The first-order valence-electron chi connectivity index (χ1n) is 8.86. The second-order valence-corrected chi connectivity index (χ2v) is 9.18. The number of rotatable bonds is 8. The molecule has 1 unspecified atom stereocenters. The van der Waals surface area contributed by atoms with Crippen molar-refractivity contribution in [3.63, 3.8) is 0 Å². The van der Waals surface area contributed by atoms with Crippen molar-refractivity contribution in [2.24, 2.45) is 0 Å². The number of amides is 2. The number of hydrogen-bond acceptors (Lipinski definition) is 4. The maximum Gasteiger partial charge on any atom is 0.251 e. The fraction of sp³-hybridized carbons (Fsp3) is 0.556. The molecule has 2 rings (SSSR count). The molecule has 8 heteroatoms. The Balaban J connectivity index is 1.79. The van der Waals surface area contributed by atoms with Gasteiger partial charge in [-0.3, -0.25) is 9.59 Å². The van der Waals surface area contributed by atoms with E-state index in [1.807, 2.05) is 6.92 Å². The van der Waals surface area contributed by atoms with Crippen molar-refractivity contribution in [1.29, 1.82) is 0 Å². The lowest BCUT2D eigenvalue weighted by Gasteiger charge is -2.28. The van der Waals surface area contributed by atoms with Gasteiger partial charge in [0.2, 0.25) is 5.91 Å². The van der Waals surface area contributed by atoms with Crippen molar-refractivity contribution >= 4 is 33.3 Å². The highest BCUT2D eigenvalue weighted by atomic mass is 35.5. The molecular weight excluding hydrogens is 376 g/mol. The van der Waals surface area contributed by atoms with Gasteiger partial charge in [0.1, 0.15) is 0 Å². The van der Waals surface area contributed by atoms with Gasteiger partial charge in [0.25, 0.3) is 5.91 Å². The van der Waals surface area contributed by atoms with Gasteiger partial charge in [-0.15, -0.1) is 0 Å². The van der Waals surface area contributed by atoms with E-state index in [2.05, 4.69) is 5.32 Å². The predicted octanol–water partition coefficient (Wildman–Crippen LogP) is 2.28. The number of sulfone groups is 1. The molecule has 144 valence electrons. The quantitative estimate of drug-likeness (QED) is 0.678. The summed E-state index contributed by atoms with van der Waals surface area (Å²) in [6, 6.07) is 6.38. The van der Waals surface area contributed by atoms with Gasteiger partial charge in [0, 0.05) is 36.1 Å². The number of carbonyl (C=O) groups is 2. The molecule has 0 bridgehead atoms. The fourth-order valence-corrected chi connectivity index (χ4v) is 4.92. The van der Waals surface area contributed by atoms with Crippen LogP contribution in [0.15, 0.2) is 24.3 Å². The lowest BCUT2D eigenvalue weighted by molar-refractivity contribution is -0.133. The SMILES string of the molecule is CCCN(C(=O)CCCNC(=O)c1ccc(Cl)cc1)C1CCS(=O)(=O)C1. The topological polar surface area (TPSA) is 83.6 Å². The Bertz CT molecular complexity index is 734. The lowest BCUT2D eigenvalue weighted by atomic mass is 10.1. The first-order valence-corrected chi connectivity index (χ1v) is 11.1. The van der Waals surface area contributed by atoms with Gasteiger partial charge in [-0.1, -0.05) is 18.5 Å². The van der Waals surface area contributed by atoms with E-state index in [0.29, 0.717) is 36.5 Å². The molecule has 0 spiro atoms. The molecular formula is C18H25ClN2O4S. The predicted molar refractivity (Wildman–Crippen MR) is 102 cm³/mol. The van der Waals surface area contributed by atoms with Crippen LogP contribution in [0.3, 0.4) is 0 Å². The summed E-state index contributed by atoms with van der Waals surface area (Å²) in [6.07, 6.45) is 2.10. The highest BCUT2D eigenvalue weighted by Gasteiger charge is 2.33. The third-order valence-corrected chi connectivity index (χ3v) is 6.40. The van der Waals surface area contributed by atoms with Crippen LogP contribution in [-0.2, 0) is 14.6 Å². The van der Waals surface area contributed by atoms with Crippen LogP contribution in [0.25, 0.3) is 0 Å². The minimum absolute atomic E-state index is 0.0466. The number of nitrogens with zero attached hydrogens (tertiary/aromatic N) is 1. The van der Waals surface area contributed by atoms with Crippen LogP contribution in [0.2, 0.25) is 5.02 Å². The molecule has 1 aliphatic heterocycles. The molecule has 1 saturated heterocycles. The largest absolute Gasteiger partial charge is 0.352 e. The normalized spacial score (nSPS) is 18.5. The Kier molecular flexibility index (Phi) is 7.46. The Morgan fingerprint density at radius 3 is 2.54 bits per heavy atom. The molecule has 1 aromatic rings. The summed E-state index contributed by atoms with van der Waals surface area (Å²) in [4.78, 5) is 26.2. The third-order valence-electron chi connectivity index (χ3n) is 4.39. The van der Waals surface area contributed by atoms with E-state index < -0.39 is 9.84 Å². The molecule has 1 fully saturated rings. The zero-order valence-electron chi connectivity index (χ0n) is 14.9. The first kappa shape index (κ1) is 20.7. The molecule has 0 aliphatic carbocycles. The average molecular weight is 401 g/mol. The zero-order valence-corrected chi connectivity index (χ0v) is 16.5. The van der Waals surface area contributed by atoms with Crippen molar-refractivity contribution in [2.45, 2.75) is 38.6 Å². The first-order chi connectivity index (χ1) is 12.3. The van der Waals surface area contributed by atoms with Crippen molar-refractivity contribution in [1.82, 2.24) is 10.2 Å². The molecule has 0 aromatic heterocycles. The summed E-state index contributed by atoms with van der Waals surface area (Å²) < 4.78 is 23.3. The monoisotopic (exact) mass is 400 g/mol. The summed E-state index contributed by atoms with van der Waals surface area (Å²) >= 11 is 5.79. The van der Waals surface area contributed by atoms with Crippen LogP contribution >= 0.6 is 11.6 Å². The van der Waals surface area contributed by atoms with Crippen LogP contribution in [0.1, 0.15) is 43.0 Å². The number of halogens is 1. The standard InChI is InChI=1S/C18H25ClN2O4S/c1-2-11-21(16-9-12-26(24,25)13-16)17(22)4-3-10-20-18(23)14-5-7-15(19)8-6-14/h5-8,16H,2-4,9-13H2,1H3,(H,20,23). The smallest absolute Gasteiger partial charge is 0.251 e. The summed E-state index contributed by atoms with van der Waals surface area (Å²) in [5, 5.41) is 3.35. The van der Waals surface area contributed by atoms with Gasteiger partial charge < -0.3 is 10.2 Å². The van der Waals surface area contributed by atoms with E-state index in [4.69, 9.17) is 11.6 Å². The molecule has 0 saturated carbocycles. The van der Waals surface area contributed by atoms with Gasteiger partial charge in [0.15, 0.2) is 9.84 Å². The third kappa shape index (κ3) is 5.99. The zero-order chi connectivity index (χ0) is 19.2. The van der Waals surface area contributed by atoms with Gasteiger partial charge in [-0.2, -0.15) is 0 Å². The van der Waals surface area contributed by atoms with Gasteiger partial charge in [0.05, 0.1) is 11.5 Å². The lowest BCUT2D eigenvalue weighted by Crippen LogP contribution is -2.41. The molecule has 1 heterocycles. The molecule has 26 heavy (non-hydrogen) atoms. The van der Waals surface area contributed by atoms with Crippen LogP contribution in [0, 0.1) is 0 Å². The van der Waals surface area contributed by atoms with E-state index in [0.717, 1.165) is 6.42 Å². The van der Waals surface area contributed by atoms with Crippen molar-refractivity contribution < 1.29 is 18.0 Å². The van der Waals surface area contributed by atoms with E-state index in [1.54, 1.807) is 29.2 Å². The Labute approximate surface area is 159 Å². The minimum Gasteiger partial charge on any atom is -0.352 e. The Morgan fingerprint density at radius 1 is 1.27 bits per heavy atom.